The Morgan fingerprint density at radius 2 is 2.04 bits per heavy atom. The number of nitrogens with one attached hydrogen (secondary N) is 1. The lowest BCUT2D eigenvalue weighted by Gasteiger charge is -2.11. The fraction of sp³-hybridized carbons (Fsp3) is 0.444. The summed E-state index contributed by atoms with van der Waals surface area (Å²) in [7, 11) is 1.68. The molecule has 1 aromatic heterocycles. The van der Waals surface area contributed by atoms with E-state index in [1.165, 1.54) is 0 Å². The second-order valence-electron chi connectivity index (χ2n) is 6.48. The van der Waals surface area contributed by atoms with Crippen molar-refractivity contribution in [3.8, 4) is 5.75 Å². The Bertz CT molecular complexity index is 656. The predicted molar refractivity (Wildman–Crippen MR) is 91.4 cm³/mol. The summed E-state index contributed by atoms with van der Waals surface area (Å²) < 4.78 is 10.7. The van der Waals surface area contributed by atoms with Gasteiger partial charge in [0, 0.05) is 17.5 Å². The zero-order valence-corrected chi connectivity index (χ0v) is 14.5. The van der Waals surface area contributed by atoms with Gasteiger partial charge in [-0.05, 0) is 13.0 Å². The summed E-state index contributed by atoms with van der Waals surface area (Å²) in [4.78, 5) is 4.46. The number of methoxy groups -OCH3 is 1. The van der Waals surface area contributed by atoms with E-state index in [0.29, 0.717) is 12.4 Å². The molecule has 0 amide bonds. The summed E-state index contributed by atoms with van der Waals surface area (Å²) in [5.41, 5.74) is 0.947. The van der Waals surface area contributed by atoms with Crippen LogP contribution in [0.1, 0.15) is 51.0 Å². The van der Waals surface area contributed by atoms with Gasteiger partial charge in [-0.3, -0.25) is 0 Å². The van der Waals surface area contributed by atoms with Crippen LogP contribution < -0.4 is 10.1 Å². The summed E-state index contributed by atoms with van der Waals surface area (Å²) in [5, 5.41) is 7.39. The normalized spacial score (nSPS) is 13.4. The molecule has 1 unspecified atom stereocenters. The summed E-state index contributed by atoms with van der Waals surface area (Å²) in [6.45, 7) is 8.91. The third-order valence-corrected chi connectivity index (χ3v) is 3.46. The van der Waals surface area contributed by atoms with Crippen molar-refractivity contribution in [1.29, 1.82) is 0 Å². The van der Waals surface area contributed by atoms with Crippen molar-refractivity contribution in [2.75, 3.05) is 13.7 Å². The van der Waals surface area contributed by atoms with Crippen LogP contribution in [-0.4, -0.2) is 23.8 Å². The van der Waals surface area contributed by atoms with Crippen molar-refractivity contribution in [2.24, 2.45) is 0 Å². The standard InChI is InChI=1S/C18H25N3O2/c1-13(16-20-17(21-23-16)18(2,3)4)19-12-8-10-14-9-6-7-11-15(14)22-5/h6-11,13,19H,12H2,1-5H3/b10-8+. The van der Waals surface area contributed by atoms with Crippen LogP contribution in [0.25, 0.3) is 6.08 Å². The van der Waals surface area contributed by atoms with Crippen molar-refractivity contribution < 1.29 is 9.26 Å². The number of hydrogen-bond donors (Lipinski definition) is 1. The molecule has 124 valence electrons. The maximum absolute atomic E-state index is 5.34. The highest BCUT2D eigenvalue weighted by molar-refractivity contribution is 5.57. The first kappa shape index (κ1) is 17.2. The molecular weight excluding hydrogens is 290 g/mol. The number of nitrogens with zero attached hydrogens (tertiary/aromatic N) is 2. The van der Waals surface area contributed by atoms with Crippen molar-refractivity contribution >= 4 is 6.08 Å². The fourth-order valence-corrected chi connectivity index (χ4v) is 2.04. The molecule has 0 aliphatic heterocycles. The number of benzene rings is 1. The smallest absolute Gasteiger partial charge is 0.243 e. The van der Waals surface area contributed by atoms with E-state index in [0.717, 1.165) is 17.1 Å². The van der Waals surface area contributed by atoms with Crippen molar-refractivity contribution in [2.45, 2.75) is 39.2 Å². The molecule has 0 spiro atoms. The Morgan fingerprint density at radius 3 is 2.70 bits per heavy atom. The van der Waals surface area contributed by atoms with Crippen LogP contribution in [0.3, 0.4) is 0 Å². The Kier molecular flexibility index (Phi) is 5.55. The van der Waals surface area contributed by atoms with Gasteiger partial charge < -0.3 is 14.6 Å². The van der Waals surface area contributed by atoms with E-state index in [4.69, 9.17) is 9.26 Å². The number of rotatable bonds is 6. The molecule has 0 radical (unpaired) electrons. The van der Waals surface area contributed by atoms with Crippen LogP contribution in [0.15, 0.2) is 34.9 Å². The number of hydrogen-bond acceptors (Lipinski definition) is 5. The van der Waals surface area contributed by atoms with Gasteiger partial charge in [-0.15, -0.1) is 0 Å². The van der Waals surface area contributed by atoms with Gasteiger partial charge in [0.15, 0.2) is 5.82 Å². The minimum absolute atomic E-state index is 0.000851. The molecule has 0 aliphatic rings. The van der Waals surface area contributed by atoms with E-state index in [-0.39, 0.29) is 11.5 Å². The highest BCUT2D eigenvalue weighted by Crippen LogP contribution is 2.21. The third kappa shape index (κ3) is 4.66. The Morgan fingerprint density at radius 1 is 1.30 bits per heavy atom. The predicted octanol–water partition coefficient (Wildman–Crippen LogP) is 3.74. The monoisotopic (exact) mass is 315 g/mol. The summed E-state index contributed by atoms with van der Waals surface area (Å²) in [6, 6.07) is 7.92. The van der Waals surface area contributed by atoms with Crippen LogP contribution in [0.2, 0.25) is 0 Å². The van der Waals surface area contributed by atoms with E-state index in [1.807, 2.05) is 37.3 Å². The third-order valence-electron chi connectivity index (χ3n) is 3.46. The SMILES string of the molecule is COc1ccccc1/C=C/CNC(C)c1nc(C(C)(C)C)no1. The molecule has 1 heterocycles. The van der Waals surface area contributed by atoms with Gasteiger partial charge in [-0.1, -0.05) is 56.3 Å². The molecule has 5 heteroatoms. The van der Waals surface area contributed by atoms with Gasteiger partial charge in [0.2, 0.25) is 5.89 Å². The van der Waals surface area contributed by atoms with Crippen molar-refractivity contribution in [1.82, 2.24) is 15.5 Å². The maximum atomic E-state index is 5.34. The van der Waals surface area contributed by atoms with Crippen LogP contribution in [-0.2, 0) is 5.41 Å². The molecule has 0 aliphatic carbocycles. The molecule has 2 aromatic rings. The van der Waals surface area contributed by atoms with E-state index < -0.39 is 0 Å². The van der Waals surface area contributed by atoms with Gasteiger partial charge in [-0.25, -0.2) is 0 Å². The van der Waals surface area contributed by atoms with Crippen LogP contribution >= 0.6 is 0 Å². The van der Waals surface area contributed by atoms with Crippen LogP contribution in [0.4, 0.5) is 0 Å². The first-order chi connectivity index (χ1) is 10.9. The average Bonchev–Trinajstić information content (AvgIpc) is 3.02. The molecule has 23 heavy (non-hydrogen) atoms. The highest BCUT2D eigenvalue weighted by atomic mass is 16.5. The molecule has 5 nitrogen and oxygen atoms in total. The van der Waals surface area contributed by atoms with Crippen molar-refractivity contribution in [3.05, 3.63) is 47.6 Å². The summed E-state index contributed by atoms with van der Waals surface area (Å²) >= 11 is 0. The first-order valence-electron chi connectivity index (χ1n) is 7.79. The minimum atomic E-state index is -0.106. The first-order valence-corrected chi connectivity index (χ1v) is 7.79. The second kappa shape index (κ2) is 7.42. The average molecular weight is 315 g/mol. The summed E-state index contributed by atoms with van der Waals surface area (Å²) in [5.74, 6) is 2.20. The van der Waals surface area contributed by atoms with Gasteiger partial charge >= 0.3 is 0 Å². The molecule has 2 rings (SSSR count). The molecule has 0 fully saturated rings. The Hall–Kier alpha value is -2.14. The zero-order chi connectivity index (χ0) is 16.9. The quantitative estimate of drug-likeness (QED) is 0.880. The lowest BCUT2D eigenvalue weighted by atomic mass is 9.96. The van der Waals surface area contributed by atoms with Gasteiger partial charge in [0.25, 0.3) is 0 Å². The maximum Gasteiger partial charge on any atom is 0.243 e. The lowest BCUT2D eigenvalue weighted by Crippen LogP contribution is -2.19. The number of ether oxygens (including phenoxy) is 1. The van der Waals surface area contributed by atoms with Crippen LogP contribution in [0, 0.1) is 0 Å². The van der Waals surface area contributed by atoms with Gasteiger partial charge in [-0.2, -0.15) is 4.98 Å². The van der Waals surface area contributed by atoms with Gasteiger partial charge in [0.1, 0.15) is 5.75 Å². The van der Waals surface area contributed by atoms with E-state index in [1.54, 1.807) is 7.11 Å². The molecule has 1 N–H and O–H groups in total. The highest BCUT2D eigenvalue weighted by Gasteiger charge is 2.22. The molecule has 0 saturated carbocycles. The van der Waals surface area contributed by atoms with Gasteiger partial charge in [0.05, 0.1) is 13.2 Å². The minimum Gasteiger partial charge on any atom is -0.496 e. The fourth-order valence-electron chi connectivity index (χ4n) is 2.04. The molecule has 0 bridgehead atoms. The summed E-state index contributed by atoms with van der Waals surface area (Å²) in [6.07, 6.45) is 4.09. The number of para-hydroxylation sites is 1. The topological polar surface area (TPSA) is 60.2 Å². The molecule has 1 aromatic carbocycles. The zero-order valence-electron chi connectivity index (χ0n) is 14.5. The van der Waals surface area contributed by atoms with Crippen LogP contribution in [0.5, 0.6) is 5.75 Å². The number of aromatic nitrogens is 2. The Labute approximate surface area is 137 Å². The largest absolute Gasteiger partial charge is 0.496 e. The lowest BCUT2D eigenvalue weighted by molar-refractivity contribution is 0.334. The van der Waals surface area contributed by atoms with E-state index in [2.05, 4.69) is 42.3 Å². The molecule has 0 saturated heterocycles. The van der Waals surface area contributed by atoms with E-state index in [9.17, 15) is 0 Å². The van der Waals surface area contributed by atoms with Crippen molar-refractivity contribution in [3.63, 3.8) is 0 Å². The molecular formula is C18H25N3O2. The Balaban J connectivity index is 1.91. The molecule has 1 atom stereocenters. The second-order valence-corrected chi connectivity index (χ2v) is 6.48. The van der Waals surface area contributed by atoms with E-state index >= 15 is 0 Å².